The first-order valence-corrected chi connectivity index (χ1v) is 7.47. The van der Waals surface area contributed by atoms with Gasteiger partial charge in [0.1, 0.15) is 5.82 Å². The highest BCUT2D eigenvalue weighted by Crippen LogP contribution is 2.26. The third kappa shape index (κ3) is 3.07. The second-order valence-corrected chi connectivity index (χ2v) is 5.48. The van der Waals surface area contributed by atoms with Gasteiger partial charge in [0.25, 0.3) is 0 Å². The minimum absolute atomic E-state index is 0.146. The van der Waals surface area contributed by atoms with E-state index in [0.717, 1.165) is 23.4 Å². The maximum atomic E-state index is 4.53. The van der Waals surface area contributed by atoms with E-state index in [0.29, 0.717) is 0 Å². The van der Waals surface area contributed by atoms with Crippen molar-refractivity contribution < 1.29 is 0 Å². The van der Waals surface area contributed by atoms with Gasteiger partial charge in [-0.15, -0.1) is 0 Å². The van der Waals surface area contributed by atoms with Gasteiger partial charge in [-0.2, -0.15) is 0 Å². The molecule has 1 unspecified atom stereocenters. The van der Waals surface area contributed by atoms with Crippen molar-refractivity contribution in [1.29, 1.82) is 0 Å². The van der Waals surface area contributed by atoms with E-state index in [2.05, 4.69) is 69.8 Å². The van der Waals surface area contributed by atoms with E-state index in [-0.39, 0.29) is 6.04 Å². The number of nitrogens with one attached hydrogen (secondary N) is 1. The lowest BCUT2D eigenvalue weighted by atomic mass is 10.0. The van der Waals surface area contributed by atoms with Gasteiger partial charge in [-0.25, -0.2) is 4.98 Å². The topological polar surface area (TPSA) is 29.9 Å². The van der Waals surface area contributed by atoms with Gasteiger partial charge >= 0.3 is 0 Å². The van der Waals surface area contributed by atoms with E-state index in [4.69, 9.17) is 0 Å². The zero-order valence-electron chi connectivity index (χ0n) is 11.7. The molecule has 0 fully saturated rings. The number of rotatable bonds is 5. The molecule has 2 aromatic rings. The van der Waals surface area contributed by atoms with Gasteiger partial charge in [-0.05, 0) is 43.7 Å². The molecule has 0 aliphatic rings. The van der Waals surface area contributed by atoms with Crippen molar-refractivity contribution in [2.45, 2.75) is 33.4 Å². The van der Waals surface area contributed by atoms with Crippen LogP contribution in [0.2, 0.25) is 0 Å². The lowest BCUT2D eigenvalue weighted by Crippen LogP contribution is -2.26. The molecule has 3 nitrogen and oxygen atoms in total. The van der Waals surface area contributed by atoms with Crippen molar-refractivity contribution >= 4 is 15.9 Å². The Bertz CT molecular complexity index is 548. The van der Waals surface area contributed by atoms with Crippen LogP contribution in [0.1, 0.15) is 36.8 Å². The largest absolute Gasteiger partial charge is 0.334 e. The summed E-state index contributed by atoms with van der Waals surface area (Å²) in [5.41, 5.74) is 2.55. The van der Waals surface area contributed by atoms with E-state index < -0.39 is 0 Å². The molecule has 1 atom stereocenters. The molecule has 1 heterocycles. The maximum Gasteiger partial charge on any atom is 0.130 e. The molecule has 4 heteroatoms. The zero-order valence-corrected chi connectivity index (χ0v) is 13.2. The molecule has 0 amide bonds. The van der Waals surface area contributed by atoms with E-state index >= 15 is 0 Å². The molecule has 0 aliphatic carbocycles. The number of hydrogen-bond donors (Lipinski definition) is 1. The normalized spacial score (nSPS) is 12.6. The molecule has 0 saturated heterocycles. The Morgan fingerprint density at radius 3 is 2.79 bits per heavy atom. The summed E-state index contributed by atoms with van der Waals surface area (Å²) in [7, 11) is 0. The smallest absolute Gasteiger partial charge is 0.130 e. The van der Waals surface area contributed by atoms with Gasteiger partial charge < -0.3 is 9.88 Å². The van der Waals surface area contributed by atoms with E-state index in [1.54, 1.807) is 0 Å². The van der Waals surface area contributed by atoms with E-state index in [1.165, 1.54) is 11.1 Å². The highest BCUT2D eigenvalue weighted by molar-refractivity contribution is 9.10. The first-order chi connectivity index (χ1) is 9.17. The predicted molar refractivity (Wildman–Crippen MR) is 82.3 cm³/mol. The lowest BCUT2D eigenvalue weighted by Gasteiger charge is -2.21. The molecule has 0 bridgehead atoms. The predicted octanol–water partition coefficient (Wildman–Crippen LogP) is 3.67. The maximum absolute atomic E-state index is 4.53. The van der Waals surface area contributed by atoms with Crippen molar-refractivity contribution in [3.05, 3.63) is 52.0 Å². The number of nitrogens with zero attached hydrogens (tertiary/aromatic N) is 2. The minimum atomic E-state index is 0.146. The number of imidazole rings is 1. The van der Waals surface area contributed by atoms with Gasteiger partial charge in [0.05, 0.1) is 6.04 Å². The third-order valence-corrected chi connectivity index (χ3v) is 3.79. The number of hydrogen-bond acceptors (Lipinski definition) is 2. The highest BCUT2D eigenvalue weighted by Gasteiger charge is 2.19. The van der Waals surface area contributed by atoms with Gasteiger partial charge in [0.2, 0.25) is 0 Å². The van der Waals surface area contributed by atoms with Crippen LogP contribution in [0.25, 0.3) is 0 Å². The second kappa shape index (κ2) is 6.35. The molecular formula is C15H20BrN3. The molecule has 0 aliphatic heterocycles. The Labute approximate surface area is 123 Å². The summed E-state index contributed by atoms with van der Waals surface area (Å²) >= 11 is 3.52. The van der Waals surface area contributed by atoms with Crippen LogP contribution in [0, 0.1) is 6.92 Å². The Balaban J connectivity index is 2.45. The van der Waals surface area contributed by atoms with Crippen LogP contribution in [0.15, 0.2) is 35.1 Å². The fourth-order valence-electron chi connectivity index (χ4n) is 2.36. The summed E-state index contributed by atoms with van der Waals surface area (Å²) in [5.74, 6) is 1.08. The monoisotopic (exact) mass is 321 g/mol. The van der Waals surface area contributed by atoms with Gasteiger partial charge in [0, 0.05) is 23.4 Å². The second-order valence-electron chi connectivity index (χ2n) is 4.56. The van der Waals surface area contributed by atoms with E-state index in [1.807, 2.05) is 12.4 Å². The van der Waals surface area contributed by atoms with Gasteiger partial charge in [-0.3, -0.25) is 0 Å². The average Bonchev–Trinajstić information content (AvgIpc) is 2.85. The molecule has 1 aromatic heterocycles. The first-order valence-electron chi connectivity index (χ1n) is 6.67. The van der Waals surface area contributed by atoms with Crippen LogP contribution in [-0.4, -0.2) is 16.1 Å². The Morgan fingerprint density at radius 2 is 2.16 bits per heavy atom. The van der Waals surface area contributed by atoms with Crippen LogP contribution in [0.4, 0.5) is 0 Å². The Morgan fingerprint density at radius 1 is 1.37 bits per heavy atom. The minimum Gasteiger partial charge on any atom is -0.334 e. The standard InChI is InChI=1S/C15H20BrN3/c1-4-17-14(15-18-8-9-19(15)5-2)13-7-6-12(16)10-11(13)3/h6-10,14,17H,4-5H2,1-3H3. The van der Waals surface area contributed by atoms with Crippen LogP contribution in [0.5, 0.6) is 0 Å². The summed E-state index contributed by atoms with van der Waals surface area (Å²) in [6.07, 6.45) is 3.91. The molecule has 0 saturated carbocycles. The average molecular weight is 322 g/mol. The molecule has 0 radical (unpaired) electrons. The summed E-state index contributed by atoms with van der Waals surface area (Å²) < 4.78 is 3.30. The Hall–Kier alpha value is -1.13. The van der Waals surface area contributed by atoms with Crippen LogP contribution >= 0.6 is 15.9 Å². The fraction of sp³-hybridized carbons (Fsp3) is 0.400. The van der Waals surface area contributed by atoms with E-state index in [9.17, 15) is 0 Å². The SMILES string of the molecule is CCNC(c1ccc(Br)cc1C)c1nccn1CC. The molecular weight excluding hydrogens is 302 g/mol. The number of benzene rings is 1. The molecule has 1 N–H and O–H groups in total. The third-order valence-electron chi connectivity index (χ3n) is 3.30. The van der Waals surface area contributed by atoms with Crippen molar-refractivity contribution in [1.82, 2.24) is 14.9 Å². The van der Waals surface area contributed by atoms with Gasteiger partial charge in [-0.1, -0.05) is 28.9 Å². The summed E-state index contributed by atoms with van der Waals surface area (Å²) in [4.78, 5) is 4.53. The molecule has 102 valence electrons. The number of aryl methyl sites for hydroxylation is 2. The zero-order chi connectivity index (χ0) is 13.8. The summed E-state index contributed by atoms with van der Waals surface area (Å²) in [6, 6.07) is 6.56. The molecule has 19 heavy (non-hydrogen) atoms. The van der Waals surface area contributed by atoms with Crippen LogP contribution < -0.4 is 5.32 Å². The molecule has 1 aromatic carbocycles. The quantitative estimate of drug-likeness (QED) is 0.910. The lowest BCUT2D eigenvalue weighted by molar-refractivity contribution is 0.557. The summed E-state index contributed by atoms with van der Waals surface area (Å²) in [5, 5.41) is 3.54. The van der Waals surface area contributed by atoms with Crippen LogP contribution in [-0.2, 0) is 6.54 Å². The number of halogens is 1. The summed E-state index contributed by atoms with van der Waals surface area (Å²) in [6.45, 7) is 8.26. The molecule has 2 rings (SSSR count). The van der Waals surface area contributed by atoms with Crippen molar-refractivity contribution in [3.8, 4) is 0 Å². The number of aromatic nitrogens is 2. The van der Waals surface area contributed by atoms with Crippen molar-refractivity contribution in [2.75, 3.05) is 6.54 Å². The Kier molecular flexibility index (Phi) is 4.77. The fourth-order valence-corrected chi connectivity index (χ4v) is 2.83. The highest BCUT2D eigenvalue weighted by atomic mass is 79.9. The van der Waals surface area contributed by atoms with Crippen LogP contribution in [0.3, 0.4) is 0 Å². The van der Waals surface area contributed by atoms with Gasteiger partial charge in [0.15, 0.2) is 0 Å². The molecule has 0 spiro atoms. The van der Waals surface area contributed by atoms with Crippen molar-refractivity contribution in [2.24, 2.45) is 0 Å². The first kappa shape index (κ1) is 14.3. The van der Waals surface area contributed by atoms with Crippen molar-refractivity contribution in [3.63, 3.8) is 0 Å².